The topological polar surface area (TPSA) is 94.6 Å². The number of nitrogens with one attached hydrogen (secondary N) is 1. The van der Waals surface area contributed by atoms with E-state index in [9.17, 15) is 4.79 Å². The molecule has 1 aromatic heterocycles. The highest BCUT2D eigenvalue weighted by Crippen LogP contribution is 2.21. The molecule has 0 saturated carbocycles. The summed E-state index contributed by atoms with van der Waals surface area (Å²) in [7, 11) is 0. The lowest BCUT2D eigenvalue weighted by Crippen LogP contribution is -2.60. The van der Waals surface area contributed by atoms with Crippen molar-refractivity contribution < 1.29 is 14.1 Å². The molecule has 0 spiro atoms. The zero-order valence-electron chi connectivity index (χ0n) is 18.4. The van der Waals surface area contributed by atoms with E-state index in [1.165, 1.54) is 0 Å². The van der Waals surface area contributed by atoms with Crippen LogP contribution >= 0.6 is 0 Å². The van der Waals surface area contributed by atoms with Crippen molar-refractivity contribution in [3.8, 4) is 6.07 Å². The van der Waals surface area contributed by atoms with E-state index in [2.05, 4.69) is 32.4 Å². The Balaban J connectivity index is 1.08. The molecule has 2 aromatic carbocycles. The molecule has 8 nitrogen and oxygen atoms in total. The number of para-hydroxylation sites is 1. The number of carbonyl (C=O) groups is 1. The number of hydrogen-bond donors (Lipinski definition) is 1. The van der Waals surface area contributed by atoms with Gasteiger partial charge in [-0.1, -0.05) is 29.4 Å². The third-order valence-corrected chi connectivity index (χ3v) is 6.29. The summed E-state index contributed by atoms with van der Waals surface area (Å²) in [5.74, 6) is 0.00843. The van der Waals surface area contributed by atoms with E-state index in [0.29, 0.717) is 18.7 Å². The molecule has 3 aromatic rings. The third-order valence-electron chi connectivity index (χ3n) is 6.29. The van der Waals surface area contributed by atoms with Gasteiger partial charge in [-0.3, -0.25) is 14.6 Å². The summed E-state index contributed by atoms with van der Waals surface area (Å²) < 4.78 is 11.6. The van der Waals surface area contributed by atoms with Gasteiger partial charge in [-0.25, -0.2) is 0 Å². The molecule has 0 radical (unpaired) electrons. The molecule has 3 heterocycles. The Labute approximate surface area is 192 Å². The molecule has 8 heteroatoms. The Hall–Kier alpha value is -3.25. The molecule has 0 aliphatic carbocycles. The lowest BCUT2D eigenvalue weighted by molar-refractivity contribution is -0.144. The van der Waals surface area contributed by atoms with Crippen molar-refractivity contribution in [2.24, 2.45) is 0 Å². The third kappa shape index (κ3) is 5.22. The van der Waals surface area contributed by atoms with Gasteiger partial charge in [-0.05, 0) is 29.8 Å². The standard InChI is InChI=1S/C25H27N5O3/c26-11-18-5-7-19(8-6-18)12-27-25(31)17-30-15-20-13-29(14-21(16-30)32-20)10-9-23-22-3-1-2-4-24(22)33-28-23/h1-8,20-21H,9-10,12-17H2,(H,27,31). The van der Waals surface area contributed by atoms with Crippen molar-refractivity contribution in [2.75, 3.05) is 39.3 Å². The van der Waals surface area contributed by atoms with Crippen LogP contribution in [0.4, 0.5) is 0 Å². The molecule has 5 rings (SSSR count). The summed E-state index contributed by atoms with van der Waals surface area (Å²) in [6.45, 7) is 4.97. The highest BCUT2D eigenvalue weighted by Gasteiger charge is 2.35. The van der Waals surface area contributed by atoms with Gasteiger partial charge in [0.25, 0.3) is 0 Å². The van der Waals surface area contributed by atoms with Crippen LogP contribution in [0.5, 0.6) is 0 Å². The number of morpholine rings is 2. The second kappa shape index (κ2) is 9.71. The van der Waals surface area contributed by atoms with Gasteiger partial charge in [0.15, 0.2) is 5.58 Å². The van der Waals surface area contributed by atoms with Gasteiger partial charge in [0.2, 0.25) is 5.91 Å². The van der Waals surface area contributed by atoms with Gasteiger partial charge in [-0.15, -0.1) is 0 Å². The Bertz CT molecular complexity index is 1140. The molecular formula is C25H27N5O3. The number of amides is 1. The minimum Gasteiger partial charge on any atom is -0.370 e. The number of carbonyl (C=O) groups excluding carboxylic acids is 1. The molecule has 1 N–H and O–H groups in total. The van der Waals surface area contributed by atoms with Crippen molar-refractivity contribution in [3.05, 3.63) is 65.4 Å². The number of aromatic nitrogens is 1. The summed E-state index contributed by atoms with van der Waals surface area (Å²) >= 11 is 0. The molecule has 2 saturated heterocycles. The van der Waals surface area contributed by atoms with Crippen LogP contribution in [0, 0.1) is 11.3 Å². The fraction of sp³-hybridized carbons (Fsp3) is 0.400. The second-order valence-electron chi connectivity index (χ2n) is 8.79. The first-order chi connectivity index (χ1) is 16.2. The number of nitriles is 1. The normalized spacial score (nSPS) is 21.1. The summed E-state index contributed by atoms with van der Waals surface area (Å²) in [5.41, 5.74) is 3.44. The van der Waals surface area contributed by atoms with Gasteiger partial charge in [0.1, 0.15) is 0 Å². The Morgan fingerprint density at radius 1 is 1.06 bits per heavy atom. The predicted molar refractivity (Wildman–Crippen MR) is 122 cm³/mol. The van der Waals surface area contributed by atoms with Crippen LogP contribution < -0.4 is 5.32 Å². The van der Waals surface area contributed by atoms with Crippen molar-refractivity contribution in [1.29, 1.82) is 5.26 Å². The van der Waals surface area contributed by atoms with Crippen LogP contribution in [0.3, 0.4) is 0 Å². The van der Waals surface area contributed by atoms with E-state index < -0.39 is 0 Å². The fourth-order valence-corrected chi connectivity index (χ4v) is 4.71. The Morgan fingerprint density at radius 3 is 2.55 bits per heavy atom. The Kier molecular flexibility index (Phi) is 6.35. The largest absolute Gasteiger partial charge is 0.370 e. The van der Waals surface area contributed by atoms with E-state index in [4.69, 9.17) is 14.5 Å². The van der Waals surface area contributed by atoms with Crippen molar-refractivity contribution in [1.82, 2.24) is 20.3 Å². The SMILES string of the molecule is N#Cc1ccc(CNC(=O)CN2CC3CN(CCc4noc5ccccc45)CC(C2)O3)cc1. The molecule has 2 fully saturated rings. The Morgan fingerprint density at radius 2 is 1.79 bits per heavy atom. The van der Waals surface area contributed by atoms with E-state index in [1.807, 2.05) is 30.3 Å². The lowest BCUT2D eigenvalue weighted by atomic mass is 10.1. The second-order valence-corrected chi connectivity index (χ2v) is 8.79. The monoisotopic (exact) mass is 445 g/mol. The molecule has 2 aliphatic heterocycles. The van der Waals surface area contributed by atoms with Crippen LogP contribution in [0.1, 0.15) is 16.8 Å². The molecule has 2 aliphatic rings. The zero-order valence-corrected chi connectivity index (χ0v) is 18.4. The first-order valence-corrected chi connectivity index (χ1v) is 11.4. The maximum atomic E-state index is 12.5. The van der Waals surface area contributed by atoms with Gasteiger partial charge >= 0.3 is 0 Å². The average Bonchev–Trinajstić information content (AvgIpc) is 3.24. The smallest absolute Gasteiger partial charge is 0.234 e. The maximum Gasteiger partial charge on any atom is 0.234 e. The summed E-state index contributed by atoms with van der Waals surface area (Å²) in [6.07, 6.45) is 1.06. The molecule has 2 unspecified atom stereocenters. The van der Waals surface area contributed by atoms with Gasteiger partial charge in [0.05, 0.1) is 36.1 Å². The van der Waals surface area contributed by atoms with E-state index in [0.717, 1.165) is 61.4 Å². The highest BCUT2D eigenvalue weighted by atomic mass is 16.5. The number of benzene rings is 2. The van der Waals surface area contributed by atoms with E-state index in [1.54, 1.807) is 12.1 Å². The van der Waals surface area contributed by atoms with Gasteiger partial charge < -0.3 is 14.6 Å². The lowest BCUT2D eigenvalue weighted by Gasteiger charge is -2.45. The molecule has 2 bridgehead atoms. The first-order valence-electron chi connectivity index (χ1n) is 11.4. The quantitative estimate of drug-likeness (QED) is 0.594. The van der Waals surface area contributed by atoms with Crippen LogP contribution in [0.2, 0.25) is 0 Å². The molecule has 33 heavy (non-hydrogen) atoms. The molecule has 2 atom stereocenters. The number of fused-ring (bicyclic) bond motifs is 3. The van der Waals surface area contributed by atoms with Crippen LogP contribution in [0.25, 0.3) is 11.0 Å². The van der Waals surface area contributed by atoms with Crippen LogP contribution in [0.15, 0.2) is 53.1 Å². The summed E-state index contributed by atoms with van der Waals surface area (Å²) in [6, 6.07) is 17.3. The minimum absolute atomic E-state index is 0.00843. The van der Waals surface area contributed by atoms with E-state index >= 15 is 0 Å². The zero-order chi connectivity index (χ0) is 22.6. The van der Waals surface area contributed by atoms with Crippen LogP contribution in [-0.2, 0) is 22.5 Å². The first kappa shape index (κ1) is 21.6. The number of ether oxygens (including phenoxy) is 1. The van der Waals surface area contributed by atoms with Crippen molar-refractivity contribution in [2.45, 2.75) is 25.2 Å². The van der Waals surface area contributed by atoms with Gasteiger partial charge in [0, 0.05) is 51.1 Å². The number of hydrogen-bond acceptors (Lipinski definition) is 7. The maximum absolute atomic E-state index is 12.5. The number of nitrogens with zero attached hydrogens (tertiary/aromatic N) is 4. The predicted octanol–water partition coefficient (Wildman–Crippen LogP) is 1.94. The molecule has 170 valence electrons. The van der Waals surface area contributed by atoms with Crippen molar-refractivity contribution in [3.63, 3.8) is 0 Å². The van der Waals surface area contributed by atoms with Crippen molar-refractivity contribution >= 4 is 16.9 Å². The van der Waals surface area contributed by atoms with Crippen LogP contribution in [-0.4, -0.2) is 72.3 Å². The van der Waals surface area contributed by atoms with E-state index in [-0.39, 0.29) is 18.1 Å². The average molecular weight is 446 g/mol. The highest BCUT2D eigenvalue weighted by molar-refractivity contribution is 5.79. The number of rotatable bonds is 7. The summed E-state index contributed by atoms with van der Waals surface area (Å²) in [4.78, 5) is 17.1. The minimum atomic E-state index is 0.00843. The summed E-state index contributed by atoms with van der Waals surface area (Å²) in [5, 5.41) is 17.2. The molecular weight excluding hydrogens is 418 g/mol. The fourth-order valence-electron chi connectivity index (χ4n) is 4.71. The molecule has 1 amide bonds. The van der Waals surface area contributed by atoms with Gasteiger partial charge in [-0.2, -0.15) is 5.26 Å².